The summed E-state index contributed by atoms with van der Waals surface area (Å²) in [4.78, 5) is 16.2. The molecule has 0 N–H and O–H groups in total. The minimum atomic E-state index is -0.371. The number of carbonyl (C=O) groups is 1. The van der Waals surface area contributed by atoms with Crippen LogP contribution in [-0.2, 0) is 22.6 Å². The first-order chi connectivity index (χ1) is 13.6. The number of aryl methyl sites for hydroxylation is 1. The molecule has 146 valence electrons. The molecule has 1 heterocycles. The van der Waals surface area contributed by atoms with E-state index in [0.717, 1.165) is 11.1 Å². The molecule has 0 amide bonds. The van der Waals surface area contributed by atoms with Crippen molar-refractivity contribution in [3.8, 4) is 22.9 Å². The van der Waals surface area contributed by atoms with Gasteiger partial charge in [-0.2, -0.15) is 4.98 Å². The molecule has 0 spiro atoms. The average molecular weight is 403 g/mol. The highest BCUT2D eigenvalue weighted by atomic mass is 35.5. The van der Waals surface area contributed by atoms with Gasteiger partial charge in [-0.05, 0) is 36.2 Å². The van der Waals surface area contributed by atoms with Crippen LogP contribution in [0.3, 0.4) is 0 Å². The number of hydrogen-bond acceptors (Lipinski definition) is 7. The Bertz CT molecular complexity index is 935. The van der Waals surface area contributed by atoms with Crippen molar-refractivity contribution < 1.29 is 23.5 Å². The van der Waals surface area contributed by atoms with Crippen LogP contribution in [0.4, 0.5) is 0 Å². The van der Waals surface area contributed by atoms with Gasteiger partial charge in [-0.15, -0.1) is 0 Å². The lowest BCUT2D eigenvalue weighted by Gasteiger charge is -2.08. The fourth-order valence-corrected chi connectivity index (χ4v) is 2.72. The second-order valence-electron chi connectivity index (χ2n) is 5.90. The molecule has 0 aliphatic heterocycles. The maximum atomic E-state index is 12.0. The van der Waals surface area contributed by atoms with Crippen LogP contribution in [0.2, 0.25) is 5.02 Å². The van der Waals surface area contributed by atoms with Crippen molar-refractivity contribution in [2.75, 3.05) is 14.2 Å². The molecular weight excluding hydrogens is 384 g/mol. The van der Waals surface area contributed by atoms with Gasteiger partial charge in [0, 0.05) is 23.1 Å². The van der Waals surface area contributed by atoms with Gasteiger partial charge >= 0.3 is 5.97 Å². The largest absolute Gasteiger partial charge is 0.497 e. The first kappa shape index (κ1) is 19.7. The Balaban J connectivity index is 1.52. The molecule has 28 heavy (non-hydrogen) atoms. The molecule has 0 aliphatic carbocycles. The maximum Gasteiger partial charge on any atom is 0.306 e. The summed E-state index contributed by atoms with van der Waals surface area (Å²) in [5, 5.41) is 4.45. The third-order valence-electron chi connectivity index (χ3n) is 3.94. The number of benzene rings is 2. The lowest BCUT2D eigenvalue weighted by molar-refractivity contribution is -0.145. The number of ether oxygens (including phenoxy) is 3. The fourth-order valence-electron chi connectivity index (χ4n) is 2.53. The van der Waals surface area contributed by atoms with E-state index in [1.54, 1.807) is 38.5 Å². The van der Waals surface area contributed by atoms with Crippen molar-refractivity contribution in [2.24, 2.45) is 0 Å². The predicted octanol–water partition coefficient (Wildman–Crippen LogP) is 4.08. The van der Waals surface area contributed by atoms with Crippen molar-refractivity contribution in [3.05, 3.63) is 58.9 Å². The summed E-state index contributed by atoms with van der Waals surface area (Å²) < 4.78 is 20.8. The SMILES string of the molecule is COc1cc(CCC(=O)OCc2nc(-c3cccc(Cl)c3)no2)cc(OC)c1. The van der Waals surface area contributed by atoms with Gasteiger partial charge in [0.1, 0.15) is 11.5 Å². The number of rotatable bonds is 8. The van der Waals surface area contributed by atoms with Crippen molar-refractivity contribution in [1.29, 1.82) is 0 Å². The number of hydrogen-bond donors (Lipinski definition) is 0. The van der Waals surface area contributed by atoms with E-state index in [9.17, 15) is 4.79 Å². The lowest BCUT2D eigenvalue weighted by Crippen LogP contribution is -2.06. The molecule has 8 heteroatoms. The standard InChI is InChI=1S/C20H19ClN2O5/c1-25-16-8-13(9-17(11-16)26-2)6-7-19(24)27-12-18-22-20(23-28-18)14-4-3-5-15(21)10-14/h3-5,8-11H,6-7,12H2,1-2H3. The summed E-state index contributed by atoms with van der Waals surface area (Å²) in [6.07, 6.45) is 0.690. The Hall–Kier alpha value is -3.06. The zero-order valence-corrected chi connectivity index (χ0v) is 16.2. The molecule has 0 unspecified atom stereocenters. The van der Waals surface area contributed by atoms with E-state index in [2.05, 4.69) is 10.1 Å². The molecule has 3 aromatic rings. The van der Waals surface area contributed by atoms with Gasteiger partial charge < -0.3 is 18.7 Å². The van der Waals surface area contributed by atoms with Gasteiger partial charge in [0.15, 0.2) is 6.61 Å². The molecule has 0 atom stereocenters. The normalized spacial score (nSPS) is 10.5. The highest BCUT2D eigenvalue weighted by molar-refractivity contribution is 6.30. The van der Waals surface area contributed by atoms with E-state index in [1.807, 2.05) is 18.2 Å². The lowest BCUT2D eigenvalue weighted by atomic mass is 10.1. The van der Waals surface area contributed by atoms with Crippen molar-refractivity contribution in [3.63, 3.8) is 0 Å². The average Bonchev–Trinajstić information content (AvgIpc) is 3.19. The van der Waals surface area contributed by atoms with Gasteiger partial charge in [0.2, 0.25) is 5.82 Å². The fraction of sp³-hybridized carbons (Fsp3) is 0.250. The minimum absolute atomic E-state index is 0.0895. The highest BCUT2D eigenvalue weighted by Crippen LogP contribution is 2.23. The monoisotopic (exact) mass is 402 g/mol. The molecule has 0 saturated carbocycles. The zero-order chi connectivity index (χ0) is 19.9. The number of halogens is 1. The van der Waals surface area contributed by atoms with Crippen LogP contribution >= 0.6 is 11.6 Å². The van der Waals surface area contributed by atoms with Gasteiger partial charge in [-0.1, -0.05) is 28.9 Å². The van der Waals surface area contributed by atoms with Gasteiger partial charge in [0.05, 0.1) is 14.2 Å². The van der Waals surface area contributed by atoms with Crippen LogP contribution in [0, 0.1) is 0 Å². The van der Waals surface area contributed by atoms with Crippen LogP contribution < -0.4 is 9.47 Å². The molecule has 0 fully saturated rings. The third kappa shape index (κ3) is 5.23. The summed E-state index contributed by atoms with van der Waals surface area (Å²) in [6.45, 7) is -0.0895. The number of methoxy groups -OCH3 is 2. The second-order valence-corrected chi connectivity index (χ2v) is 6.34. The third-order valence-corrected chi connectivity index (χ3v) is 4.17. The number of aromatic nitrogens is 2. The predicted molar refractivity (Wildman–Crippen MR) is 102 cm³/mol. The van der Waals surface area contributed by atoms with Crippen LogP contribution in [0.15, 0.2) is 47.0 Å². The van der Waals surface area contributed by atoms with Gasteiger partial charge in [-0.25, -0.2) is 0 Å². The Morgan fingerprint density at radius 3 is 2.54 bits per heavy atom. The quantitative estimate of drug-likeness (QED) is 0.525. The Morgan fingerprint density at radius 1 is 1.11 bits per heavy atom. The topological polar surface area (TPSA) is 83.7 Å². The van der Waals surface area contributed by atoms with E-state index in [0.29, 0.717) is 28.8 Å². The Kier molecular flexibility index (Phi) is 6.49. The number of carbonyl (C=O) groups excluding carboxylic acids is 1. The van der Waals surface area contributed by atoms with E-state index in [1.165, 1.54) is 0 Å². The van der Waals surface area contributed by atoms with Gasteiger partial charge in [0.25, 0.3) is 5.89 Å². The molecule has 2 aromatic carbocycles. The Morgan fingerprint density at radius 2 is 1.86 bits per heavy atom. The second kappa shape index (κ2) is 9.23. The van der Waals surface area contributed by atoms with Crippen LogP contribution in [0.25, 0.3) is 11.4 Å². The van der Waals surface area contributed by atoms with Crippen molar-refractivity contribution in [1.82, 2.24) is 10.1 Å². The van der Waals surface area contributed by atoms with Crippen LogP contribution in [0.1, 0.15) is 17.9 Å². The minimum Gasteiger partial charge on any atom is -0.497 e. The van der Waals surface area contributed by atoms with E-state index in [-0.39, 0.29) is 24.9 Å². The molecule has 0 saturated heterocycles. The molecule has 7 nitrogen and oxygen atoms in total. The van der Waals surface area contributed by atoms with Crippen LogP contribution in [-0.4, -0.2) is 30.3 Å². The first-order valence-corrected chi connectivity index (χ1v) is 8.91. The van der Waals surface area contributed by atoms with Crippen LogP contribution in [0.5, 0.6) is 11.5 Å². The Labute approximate surface area is 167 Å². The molecule has 0 bridgehead atoms. The highest BCUT2D eigenvalue weighted by Gasteiger charge is 2.12. The first-order valence-electron chi connectivity index (χ1n) is 8.53. The summed E-state index contributed by atoms with van der Waals surface area (Å²) in [7, 11) is 3.16. The van der Waals surface area contributed by atoms with Gasteiger partial charge in [-0.3, -0.25) is 4.79 Å². The molecule has 1 aromatic heterocycles. The number of nitrogens with zero attached hydrogens (tertiary/aromatic N) is 2. The number of esters is 1. The van der Waals surface area contributed by atoms with Crippen molar-refractivity contribution >= 4 is 17.6 Å². The van der Waals surface area contributed by atoms with E-state index in [4.69, 9.17) is 30.3 Å². The maximum absolute atomic E-state index is 12.0. The van der Waals surface area contributed by atoms with Crippen molar-refractivity contribution in [2.45, 2.75) is 19.4 Å². The van der Waals surface area contributed by atoms with E-state index >= 15 is 0 Å². The summed E-state index contributed by atoms with van der Waals surface area (Å²) in [6, 6.07) is 12.6. The summed E-state index contributed by atoms with van der Waals surface area (Å²) in [5.41, 5.74) is 1.63. The summed E-state index contributed by atoms with van der Waals surface area (Å²) >= 11 is 5.96. The molecule has 3 rings (SSSR count). The summed E-state index contributed by atoms with van der Waals surface area (Å²) in [5.74, 6) is 1.57. The molecular formula is C20H19ClN2O5. The smallest absolute Gasteiger partial charge is 0.306 e. The van der Waals surface area contributed by atoms with E-state index < -0.39 is 0 Å². The molecule has 0 aliphatic rings. The zero-order valence-electron chi connectivity index (χ0n) is 15.5. The molecule has 0 radical (unpaired) electrons.